The molecule has 0 saturated heterocycles. The SMILES string of the molecule is C1=CN(c2ccc3c(c2)B2c4cc(-c5ncco5)ccc4Oc4cccc(c42)O3)CN1c1ccccc1. The average molecular weight is 481 g/mol. The van der Waals surface area contributed by atoms with Crippen molar-refractivity contribution >= 4 is 34.5 Å². The lowest BCUT2D eigenvalue weighted by molar-refractivity contribution is 0.464. The largest absolute Gasteiger partial charge is 0.458 e. The molecular weight excluding hydrogens is 461 g/mol. The summed E-state index contributed by atoms with van der Waals surface area (Å²) in [5, 5.41) is 0. The van der Waals surface area contributed by atoms with E-state index in [9.17, 15) is 0 Å². The Morgan fingerprint density at radius 3 is 2.16 bits per heavy atom. The first-order valence-electron chi connectivity index (χ1n) is 12.2. The predicted molar refractivity (Wildman–Crippen MR) is 145 cm³/mol. The molecule has 0 aliphatic carbocycles. The highest BCUT2D eigenvalue weighted by atomic mass is 16.5. The Bertz CT molecular complexity index is 1670. The lowest BCUT2D eigenvalue weighted by atomic mass is 9.34. The van der Waals surface area contributed by atoms with Gasteiger partial charge in [-0.05, 0) is 65.5 Å². The first-order valence-corrected chi connectivity index (χ1v) is 12.2. The molecule has 0 radical (unpaired) electrons. The van der Waals surface area contributed by atoms with Crippen molar-refractivity contribution in [3.63, 3.8) is 0 Å². The van der Waals surface area contributed by atoms with Crippen LogP contribution in [0.3, 0.4) is 0 Å². The van der Waals surface area contributed by atoms with Gasteiger partial charge in [0.05, 0.1) is 12.9 Å². The summed E-state index contributed by atoms with van der Waals surface area (Å²) >= 11 is 0. The topological polar surface area (TPSA) is 51.0 Å². The molecule has 3 aliphatic heterocycles. The van der Waals surface area contributed by atoms with Crippen LogP contribution < -0.4 is 35.7 Å². The van der Waals surface area contributed by atoms with E-state index < -0.39 is 0 Å². The fourth-order valence-electron chi connectivity index (χ4n) is 5.48. The van der Waals surface area contributed by atoms with Crippen molar-refractivity contribution in [2.24, 2.45) is 0 Å². The minimum atomic E-state index is -0.0367. The summed E-state index contributed by atoms with van der Waals surface area (Å²) in [4.78, 5) is 8.83. The number of anilines is 2. The monoisotopic (exact) mass is 481 g/mol. The van der Waals surface area contributed by atoms with Crippen LogP contribution in [0.2, 0.25) is 0 Å². The van der Waals surface area contributed by atoms with Crippen LogP contribution >= 0.6 is 0 Å². The molecule has 4 heterocycles. The molecule has 7 heteroatoms. The Hall–Kier alpha value is -4.91. The number of rotatable bonds is 3. The van der Waals surface area contributed by atoms with Gasteiger partial charge in [0, 0.05) is 34.8 Å². The molecule has 0 saturated carbocycles. The lowest BCUT2D eigenvalue weighted by Gasteiger charge is -2.33. The van der Waals surface area contributed by atoms with Crippen LogP contribution in [0.4, 0.5) is 11.4 Å². The zero-order chi connectivity index (χ0) is 24.3. The van der Waals surface area contributed by atoms with E-state index in [0.717, 1.165) is 57.3 Å². The van der Waals surface area contributed by atoms with Crippen LogP contribution in [0.15, 0.2) is 114 Å². The number of aromatic nitrogens is 1. The van der Waals surface area contributed by atoms with Crippen LogP contribution in [0.1, 0.15) is 0 Å². The fraction of sp³-hybridized carbons (Fsp3) is 0.0333. The Balaban J connectivity index is 1.23. The van der Waals surface area contributed by atoms with Gasteiger partial charge >= 0.3 is 0 Å². The van der Waals surface area contributed by atoms with E-state index in [1.165, 1.54) is 5.69 Å². The van der Waals surface area contributed by atoms with Crippen LogP contribution in [0, 0.1) is 0 Å². The molecule has 8 rings (SSSR count). The summed E-state index contributed by atoms with van der Waals surface area (Å²) in [5.74, 6) is 3.93. The molecule has 0 atom stereocenters. The van der Waals surface area contributed by atoms with Gasteiger partial charge in [-0.25, -0.2) is 4.98 Å². The first kappa shape index (κ1) is 20.3. The molecular formula is C30H20BN3O3. The van der Waals surface area contributed by atoms with Gasteiger partial charge < -0.3 is 23.7 Å². The van der Waals surface area contributed by atoms with Crippen LogP contribution in [0.25, 0.3) is 11.5 Å². The second-order valence-electron chi connectivity index (χ2n) is 9.33. The van der Waals surface area contributed by atoms with E-state index in [2.05, 4.69) is 75.7 Å². The highest BCUT2D eigenvalue weighted by Crippen LogP contribution is 2.36. The van der Waals surface area contributed by atoms with Crippen LogP contribution in [-0.4, -0.2) is 18.4 Å². The highest BCUT2D eigenvalue weighted by molar-refractivity contribution is 6.98. The van der Waals surface area contributed by atoms with Gasteiger partial charge in [-0.3, -0.25) is 0 Å². The predicted octanol–water partition coefficient (Wildman–Crippen LogP) is 4.82. The number of para-hydroxylation sites is 1. The molecule has 1 aromatic heterocycles. The van der Waals surface area contributed by atoms with E-state index in [1.54, 1.807) is 12.5 Å². The van der Waals surface area contributed by atoms with Crippen molar-refractivity contribution in [2.45, 2.75) is 0 Å². The molecule has 6 nitrogen and oxygen atoms in total. The van der Waals surface area contributed by atoms with Gasteiger partial charge in [-0.15, -0.1) is 0 Å². The number of hydrogen-bond donors (Lipinski definition) is 0. The van der Waals surface area contributed by atoms with Crippen molar-refractivity contribution in [1.29, 1.82) is 0 Å². The lowest BCUT2D eigenvalue weighted by Crippen LogP contribution is -2.57. The molecule has 176 valence electrons. The van der Waals surface area contributed by atoms with Gasteiger partial charge in [0.2, 0.25) is 5.89 Å². The molecule has 5 aromatic rings. The minimum Gasteiger partial charge on any atom is -0.458 e. The number of ether oxygens (including phenoxy) is 2. The van der Waals surface area contributed by atoms with Crippen molar-refractivity contribution in [3.05, 3.63) is 110 Å². The van der Waals surface area contributed by atoms with Gasteiger partial charge in [0.25, 0.3) is 6.71 Å². The van der Waals surface area contributed by atoms with Gasteiger partial charge in [-0.2, -0.15) is 0 Å². The summed E-state index contributed by atoms with van der Waals surface area (Å²) in [6.45, 7) is 0.704. The number of benzene rings is 4. The molecule has 0 fully saturated rings. The van der Waals surface area contributed by atoms with E-state index in [4.69, 9.17) is 13.9 Å². The van der Waals surface area contributed by atoms with Gasteiger partial charge in [0.1, 0.15) is 29.3 Å². The Morgan fingerprint density at radius 2 is 1.41 bits per heavy atom. The summed E-state index contributed by atoms with van der Waals surface area (Å²) in [7, 11) is 0. The highest BCUT2D eigenvalue weighted by Gasteiger charge is 2.40. The fourth-order valence-corrected chi connectivity index (χ4v) is 5.48. The van der Waals surface area contributed by atoms with Crippen molar-refractivity contribution < 1.29 is 13.9 Å². The summed E-state index contributed by atoms with van der Waals surface area (Å²) in [6, 6.07) is 29.0. The zero-order valence-electron chi connectivity index (χ0n) is 19.7. The molecule has 4 aromatic carbocycles. The zero-order valence-corrected chi connectivity index (χ0v) is 19.7. The molecule has 0 bridgehead atoms. The maximum atomic E-state index is 6.39. The van der Waals surface area contributed by atoms with Crippen LogP contribution in [0.5, 0.6) is 23.0 Å². The van der Waals surface area contributed by atoms with Crippen molar-refractivity contribution in [3.8, 4) is 34.5 Å². The van der Waals surface area contributed by atoms with E-state index in [1.807, 2.05) is 36.4 Å². The molecule has 0 unspecified atom stereocenters. The second kappa shape index (κ2) is 7.80. The average Bonchev–Trinajstić information content (AvgIpc) is 3.66. The van der Waals surface area contributed by atoms with E-state index >= 15 is 0 Å². The number of hydrogen-bond acceptors (Lipinski definition) is 6. The summed E-state index contributed by atoms with van der Waals surface area (Å²) in [5.41, 5.74) is 6.41. The number of fused-ring (bicyclic) bond motifs is 4. The molecule has 0 amide bonds. The molecule has 0 spiro atoms. The smallest absolute Gasteiger partial charge is 0.260 e. The molecule has 0 N–H and O–H groups in total. The summed E-state index contributed by atoms with van der Waals surface area (Å²) < 4.78 is 18.3. The third-order valence-corrected chi connectivity index (χ3v) is 7.21. The normalized spacial score (nSPS) is 14.5. The number of oxazole rings is 1. The molecule has 37 heavy (non-hydrogen) atoms. The maximum Gasteiger partial charge on any atom is 0.260 e. The second-order valence-corrected chi connectivity index (χ2v) is 9.33. The molecule has 3 aliphatic rings. The van der Waals surface area contributed by atoms with Crippen molar-refractivity contribution in [1.82, 2.24) is 4.98 Å². The standard InChI is InChI=1S/C30H20BN3O3/c1-2-5-21(6-3-1)33-14-15-34(19-33)22-10-12-26-24(18-22)31-23-17-20(30-32-13-16-35-30)9-11-25(23)36-27-7-4-8-28(37-26)29(27)31/h1-18H,19H2. The Morgan fingerprint density at radius 1 is 0.676 bits per heavy atom. The minimum absolute atomic E-state index is 0.0367. The van der Waals surface area contributed by atoms with E-state index in [-0.39, 0.29) is 6.71 Å². The Labute approximate surface area is 214 Å². The maximum absolute atomic E-state index is 6.39. The van der Waals surface area contributed by atoms with E-state index in [0.29, 0.717) is 5.89 Å². The quantitative estimate of drug-likeness (QED) is 0.338. The van der Waals surface area contributed by atoms with Gasteiger partial charge in [0.15, 0.2) is 0 Å². The third-order valence-electron chi connectivity index (χ3n) is 7.21. The van der Waals surface area contributed by atoms with Crippen LogP contribution in [-0.2, 0) is 0 Å². The summed E-state index contributed by atoms with van der Waals surface area (Å²) in [6.07, 6.45) is 7.50. The Kier molecular flexibility index (Phi) is 4.28. The van der Waals surface area contributed by atoms with Crippen molar-refractivity contribution in [2.75, 3.05) is 16.5 Å². The first-order chi connectivity index (χ1) is 18.3. The van der Waals surface area contributed by atoms with Gasteiger partial charge in [-0.1, -0.05) is 30.3 Å². The third kappa shape index (κ3) is 3.17. The number of nitrogens with zero attached hydrogens (tertiary/aromatic N) is 3.